The molecule has 0 aliphatic carbocycles. The lowest BCUT2D eigenvalue weighted by Gasteiger charge is -2.45. The van der Waals surface area contributed by atoms with Gasteiger partial charge in [0.05, 0.1) is 16.4 Å². The third kappa shape index (κ3) is 4.02. The number of hydrogen-bond donors (Lipinski definition) is 0. The topological polar surface area (TPSA) is 23.4 Å². The van der Waals surface area contributed by atoms with Crippen molar-refractivity contribution in [2.75, 3.05) is 0 Å². The first-order valence-electron chi connectivity index (χ1n) is 17.8. The van der Waals surface area contributed by atoms with Gasteiger partial charge in [-0.1, -0.05) is 146 Å². The number of rotatable bonds is 3. The maximum absolute atomic E-state index is 7.10. The molecule has 1 aromatic heterocycles. The summed E-state index contributed by atoms with van der Waals surface area (Å²) in [5.41, 5.74) is 11.7. The van der Waals surface area contributed by atoms with Gasteiger partial charge in [0.1, 0.15) is 23.0 Å². The van der Waals surface area contributed by atoms with Gasteiger partial charge in [-0.15, -0.1) is 0 Å². The lowest BCUT2D eigenvalue weighted by molar-refractivity contribution is 0.399. The molecule has 0 bridgehead atoms. The van der Waals surface area contributed by atoms with Gasteiger partial charge in [0.2, 0.25) is 0 Å². The number of benzene rings is 8. The number of fused-ring (bicyclic) bond motifs is 11. The van der Waals surface area contributed by atoms with Gasteiger partial charge in [-0.25, -0.2) is 0 Å². The van der Waals surface area contributed by atoms with E-state index in [4.69, 9.17) is 9.47 Å². The van der Waals surface area contributed by atoms with E-state index in [1.807, 2.05) is 0 Å². The van der Waals surface area contributed by atoms with Crippen molar-refractivity contribution in [3.05, 3.63) is 210 Å². The largest absolute Gasteiger partial charge is 0.457 e. The van der Waals surface area contributed by atoms with Crippen molar-refractivity contribution in [3.63, 3.8) is 0 Å². The van der Waals surface area contributed by atoms with E-state index in [1.54, 1.807) is 0 Å². The van der Waals surface area contributed by atoms with Crippen LogP contribution in [0, 0.1) is 0 Å². The maximum atomic E-state index is 7.10. The first kappa shape index (κ1) is 28.9. The van der Waals surface area contributed by atoms with E-state index in [9.17, 15) is 0 Å². The minimum Gasteiger partial charge on any atom is -0.457 e. The summed E-state index contributed by atoms with van der Waals surface area (Å²) in [6, 6.07) is 66.9. The Morgan fingerprint density at radius 2 is 0.904 bits per heavy atom. The van der Waals surface area contributed by atoms with Gasteiger partial charge in [-0.3, -0.25) is 0 Å². The second-order valence-electron chi connectivity index (χ2n) is 13.6. The van der Waals surface area contributed by atoms with Gasteiger partial charge in [-0.2, -0.15) is 0 Å². The first-order chi connectivity index (χ1) is 25.8. The molecule has 3 heteroatoms. The quantitative estimate of drug-likeness (QED) is 0.187. The van der Waals surface area contributed by atoms with E-state index in [-0.39, 0.29) is 0 Å². The molecule has 3 heterocycles. The van der Waals surface area contributed by atoms with Crippen molar-refractivity contribution in [2.24, 2.45) is 0 Å². The summed E-state index contributed by atoms with van der Waals surface area (Å²) in [5, 5.41) is 2.45. The Hall–Kier alpha value is -6.84. The van der Waals surface area contributed by atoms with Crippen LogP contribution in [0.3, 0.4) is 0 Å². The van der Waals surface area contributed by atoms with Crippen LogP contribution in [0.15, 0.2) is 188 Å². The molecule has 0 fully saturated rings. The summed E-state index contributed by atoms with van der Waals surface area (Å²) < 4.78 is 16.1. The molecule has 0 N–H and O–H groups in total. The average molecular weight is 666 g/mol. The van der Waals surface area contributed by atoms with Crippen molar-refractivity contribution in [1.29, 1.82) is 0 Å². The highest BCUT2D eigenvalue weighted by Crippen LogP contribution is 2.62. The Morgan fingerprint density at radius 3 is 1.63 bits per heavy atom. The van der Waals surface area contributed by atoms with Crippen molar-refractivity contribution in [2.45, 2.75) is 5.41 Å². The maximum Gasteiger partial charge on any atom is 0.132 e. The van der Waals surface area contributed by atoms with Crippen molar-refractivity contribution >= 4 is 21.8 Å². The van der Waals surface area contributed by atoms with Gasteiger partial charge in [0, 0.05) is 44.3 Å². The SMILES string of the molecule is c1ccc(-c2ccc3c(c2)Oc2cc(-c4cccc5c6ccccc6n(-c6ccccc6)c45)ccc2C32c3ccccc3Oc3ccccc32)cc1. The number of nitrogens with zero attached hydrogens (tertiary/aromatic N) is 1. The zero-order chi connectivity index (χ0) is 34.2. The molecule has 0 radical (unpaired) electrons. The predicted molar refractivity (Wildman–Crippen MR) is 210 cm³/mol. The molecule has 1 spiro atoms. The fourth-order valence-electron chi connectivity index (χ4n) is 8.75. The summed E-state index contributed by atoms with van der Waals surface area (Å²) in [6.45, 7) is 0. The van der Waals surface area contributed by atoms with Crippen LogP contribution in [-0.4, -0.2) is 4.57 Å². The Balaban J connectivity index is 1.21. The molecular formula is C49H31NO2. The van der Waals surface area contributed by atoms with Crippen LogP contribution in [0.2, 0.25) is 0 Å². The second-order valence-corrected chi connectivity index (χ2v) is 13.6. The van der Waals surface area contributed by atoms with E-state index in [2.05, 4.69) is 193 Å². The van der Waals surface area contributed by atoms with E-state index in [1.165, 1.54) is 21.8 Å². The summed E-state index contributed by atoms with van der Waals surface area (Å²) in [7, 11) is 0. The Morgan fingerprint density at radius 1 is 0.365 bits per heavy atom. The summed E-state index contributed by atoms with van der Waals surface area (Å²) in [4.78, 5) is 0. The number of hydrogen-bond acceptors (Lipinski definition) is 2. The van der Waals surface area contributed by atoms with Crippen molar-refractivity contribution in [1.82, 2.24) is 4.57 Å². The summed E-state index contributed by atoms with van der Waals surface area (Å²) in [6.07, 6.45) is 0. The molecule has 3 nitrogen and oxygen atoms in total. The summed E-state index contributed by atoms with van der Waals surface area (Å²) in [5.74, 6) is 3.39. The minimum absolute atomic E-state index is 0.660. The van der Waals surface area contributed by atoms with Gasteiger partial charge in [-0.05, 0) is 59.2 Å². The van der Waals surface area contributed by atoms with Crippen LogP contribution in [0.4, 0.5) is 0 Å². The lowest BCUT2D eigenvalue weighted by Crippen LogP contribution is -2.36. The molecule has 0 unspecified atom stereocenters. The van der Waals surface area contributed by atoms with Crippen LogP contribution >= 0.6 is 0 Å². The molecule has 0 atom stereocenters. The molecule has 0 saturated carbocycles. The molecule has 2 aliphatic rings. The van der Waals surface area contributed by atoms with E-state index >= 15 is 0 Å². The predicted octanol–water partition coefficient (Wildman–Crippen LogP) is 12.7. The number of aromatic nitrogens is 1. The van der Waals surface area contributed by atoms with Crippen molar-refractivity contribution in [3.8, 4) is 50.9 Å². The molecule has 0 saturated heterocycles. The second kappa shape index (κ2) is 11.1. The van der Waals surface area contributed by atoms with E-state index in [0.717, 1.165) is 73.2 Å². The first-order valence-corrected chi connectivity index (χ1v) is 17.8. The Kier molecular flexibility index (Phi) is 6.17. The molecule has 0 amide bonds. The molecule has 52 heavy (non-hydrogen) atoms. The zero-order valence-corrected chi connectivity index (χ0v) is 28.2. The van der Waals surface area contributed by atoms with Crippen molar-refractivity contribution < 1.29 is 9.47 Å². The lowest BCUT2D eigenvalue weighted by atomic mass is 9.62. The molecule has 8 aromatic carbocycles. The van der Waals surface area contributed by atoms with Crippen LogP contribution in [0.25, 0.3) is 49.7 Å². The minimum atomic E-state index is -0.660. The molecule has 9 aromatic rings. The van der Waals surface area contributed by atoms with Gasteiger partial charge < -0.3 is 14.0 Å². The summed E-state index contributed by atoms with van der Waals surface area (Å²) >= 11 is 0. The third-order valence-electron chi connectivity index (χ3n) is 10.9. The van der Waals surface area contributed by atoms with Gasteiger partial charge in [0.15, 0.2) is 0 Å². The normalized spacial score (nSPS) is 13.5. The highest BCUT2D eigenvalue weighted by Gasteiger charge is 2.50. The van der Waals surface area contributed by atoms with Crippen LogP contribution in [0.5, 0.6) is 23.0 Å². The highest BCUT2D eigenvalue weighted by molar-refractivity contribution is 6.13. The van der Waals surface area contributed by atoms with Gasteiger partial charge in [0.25, 0.3) is 0 Å². The van der Waals surface area contributed by atoms with E-state index in [0.29, 0.717) is 0 Å². The smallest absolute Gasteiger partial charge is 0.132 e. The molecular weight excluding hydrogens is 635 g/mol. The third-order valence-corrected chi connectivity index (χ3v) is 10.9. The monoisotopic (exact) mass is 665 g/mol. The van der Waals surface area contributed by atoms with Crippen LogP contribution in [0.1, 0.15) is 22.3 Å². The highest BCUT2D eigenvalue weighted by atomic mass is 16.5. The fraction of sp³-hybridized carbons (Fsp3) is 0.0204. The Labute approximate surface area is 301 Å². The fourth-order valence-corrected chi connectivity index (χ4v) is 8.75. The Bertz CT molecular complexity index is 2810. The molecule has 244 valence electrons. The standard InChI is InChI=1S/C49H31NO2/c1-3-14-32(15-4-1)33-26-28-41-46(30-33)52-47-31-34(27-29-42(47)49(41)39-21-8-11-24-44(39)51-45-25-12-9-22-40(45)49)36-19-13-20-38-37-18-7-10-23-43(37)50(48(36)38)35-16-5-2-6-17-35/h1-31H. The zero-order valence-electron chi connectivity index (χ0n) is 28.2. The van der Waals surface area contributed by atoms with E-state index < -0.39 is 5.41 Å². The van der Waals surface area contributed by atoms with Crippen LogP contribution in [-0.2, 0) is 5.41 Å². The average Bonchev–Trinajstić information content (AvgIpc) is 3.56. The van der Waals surface area contributed by atoms with Crippen LogP contribution < -0.4 is 9.47 Å². The number of ether oxygens (including phenoxy) is 2. The molecule has 11 rings (SSSR count). The van der Waals surface area contributed by atoms with Gasteiger partial charge >= 0.3 is 0 Å². The number of para-hydroxylation sites is 5. The molecule has 2 aliphatic heterocycles.